The summed E-state index contributed by atoms with van der Waals surface area (Å²) < 4.78 is 79.0. The van der Waals surface area contributed by atoms with Crippen molar-refractivity contribution in [1.82, 2.24) is 5.32 Å². The number of methoxy groups -OCH3 is 1. The summed E-state index contributed by atoms with van der Waals surface area (Å²) in [6, 6.07) is 14.6. The number of aliphatic carboxylic acids is 1. The van der Waals surface area contributed by atoms with E-state index < -0.39 is 35.2 Å². The average molecular weight is 537 g/mol. The Bertz CT molecular complexity index is 1280. The fourth-order valence-corrected chi connectivity index (χ4v) is 3.64. The molecule has 0 spiro atoms. The van der Waals surface area contributed by atoms with Crippen LogP contribution in [0.15, 0.2) is 66.7 Å². The van der Waals surface area contributed by atoms with Crippen LogP contribution in [0.5, 0.6) is 5.75 Å². The average Bonchev–Trinajstić information content (AvgIpc) is 2.89. The minimum absolute atomic E-state index is 0.0151. The first kappa shape index (κ1) is 28.6. The third-order valence-electron chi connectivity index (χ3n) is 5.62. The van der Waals surface area contributed by atoms with Crippen molar-refractivity contribution in [2.45, 2.75) is 31.7 Å². The number of carboxylic acids is 1. The number of rotatable bonds is 11. The number of benzene rings is 3. The van der Waals surface area contributed by atoms with E-state index in [1.165, 1.54) is 7.11 Å². The molecule has 0 aromatic heterocycles. The molecule has 0 aliphatic heterocycles. The van der Waals surface area contributed by atoms with E-state index in [4.69, 9.17) is 14.6 Å². The second-order valence-electron chi connectivity index (χ2n) is 8.24. The summed E-state index contributed by atoms with van der Waals surface area (Å²) >= 11 is 0. The topological polar surface area (TPSA) is 84.9 Å². The van der Waals surface area contributed by atoms with Crippen molar-refractivity contribution in [3.8, 4) is 16.9 Å². The van der Waals surface area contributed by atoms with Gasteiger partial charge in [0.25, 0.3) is 0 Å². The predicted molar refractivity (Wildman–Crippen MR) is 128 cm³/mol. The molecule has 11 heteroatoms. The maximum atomic E-state index is 14.2. The summed E-state index contributed by atoms with van der Waals surface area (Å²) in [5.74, 6) is -7.07. The van der Waals surface area contributed by atoms with Gasteiger partial charge in [0.2, 0.25) is 0 Å². The number of carbonyl (C=O) groups excluding carboxylic acids is 1. The lowest BCUT2D eigenvalue weighted by atomic mass is 9.93. The summed E-state index contributed by atoms with van der Waals surface area (Å²) in [5.41, 5.74) is -0.846. The van der Waals surface area contributed by atoms with Crippen molar-refractivity contribution in [3.63, 3.8) is 0 Å². The highest BCUT2D eigenvalue weighted by molar-refractivity contribution is 5.80. The van der Waals surface area contributed by atoms with Gasteiger partial charge in [-0.3, -0.25) is 4.79 Å². The molecule has 0 radical (unpaired) electrons. The zero-order valence-electron chi connectivity index (χ0n) is 20.1. The van der Waals surface area contributed by atoms with Crippen LogP contribution in [0.25, 0.3) is 11.1 Å². The van der Waals surface area contributed by atoms with Crippen molar-refractivity contribution in [2.24, 2.45) is 0 Å². The lowest BCUT2D eigenvalue weighted by Crippen LogP contribution is -2.25. The number of alkyl halides is 5. The largest absolute Gasteiger partial charge is 0.496 e. The second kappa shape index (κ2) is 12.0. The van der Waals surface area contributed by atoms with Gasteiger partial charge < -0.3 is 19.9 Å². The van der Waals surface area contributed by atoms with Crippen LogP contribution < -0.4 is 10.1 Å². The van der Waals surface area contributed by atoms with E-state index in [9.17, 15) is 31.5 Å². The Morgan fingerprint density at radius 2 is 1.58 bits per heavy atom. The Morgan fingerprint density at radius 3 is 2.21 bits per heavy atom. The van der Waals surface area contributed by atoms with E-state index in [0.717, 1.165) is 42.0 Å². The zero-order valence-corrected chi connectivity index (χ0v) is 20.1. The maximum Gasteiger partial charge on any atom is 0.416 e. The minimum atomic E-state index is -4.67. The molecule has 0 atom stereocenters. The molecule has 0 unspecified atom stereocenters. The number of nitrogens with one attached hydrogen (secondary N) is 1. The normalized spacial score (nSPS) is 11.7. The highest BCUT2D eigenvalue weighted by atomic mass is 19.4. The van der Waals surface area contributed by atoms with Crippen LogP contribution in [0.2, 0.25) is 0 Å². The predicted octanol–water partition coefficient (Wildman–Crippen LogP) is 5.78. The van der Waals surface area contributed by atoms with Crippen molar-refractivity contribution in [3.05, 3.63) is 89.0 Å². The molecule has 3 aromatic rings. The number of esters is 1. The number of ether oxygens (including phenoxy) is 2. The van der Waals surface area contributed by atoms with E-state index in [1.807, 2.05) is 6.07 Å². The van der Waals surface area contributed by atoms with Gasteiger partial charge in [0, 0.05) is 24.2 Å². The summed E-state index contributed by atoms with van der Waals surface area (Å²) in [6.45, 7) is -0.0138. The molecule has 6 nitrogen and oxygen atoms in total. The van der Waals surface area contributed by atoms with Gasteiger partial charge in [0.1, 0.15) is 12.4 Å². The van der Waals surface area contributed by atoms with Gasteiger partial charge in [-0.2, -0.15) is 22.0 Å². The molecular formula is C27H24F5NO5. The molecule has 0 heterocycles. The zero-order chi connectivity index (χ0) is 27.9. The fourth-order valence-electron chi connectivity index (χ4n) is 3.64. The Balaban J connectivity index is 1.82. The molecule has 0 saturated heterocycles. The van der Waals surface area contributed by atoms with Crippen LogP contribution in [0.4, 0.5) is 22.0 Å². The molecule has 202 valence electrons. The Kier molecular flexibility index (Phi) is 9.05. The molecule has 0 aliphatic rings. The first-order chi connectivity index (χ1) is 17.9. The summed E-state index contributed by atoms with van der Waals surface area (Å²) in [4.78, 5) is 23.1. The van der Waals surface area contributed by atoms with E-state index >= 15 is 0 Å². The summed E-state index contributed by atoms with van der Waals surface area (Å²) in [5, 5.41) is 11.8. The molecule has 3 aromatic carbocycles. The highest BCUT2D eigenvalue weighted by Gasteiger charge is 2.41. The quantitative estimate of drug-likeness (QED) is 0.183. The van der Waals surface area contributed by atoms with Crippen LogP contribution in [-0.4, -0.2) is 30.7 Å². The van der Waals surface area contributed by atoms with Crippen LogP contribution in [0.1, 0.15) is 28.7 Å². The van der Waals surface area contributed by atoms with Crippen molar-refractivity contribution in [2.75, 3.05) is 13.7 Å². The Morgan fingerprint density at radius 1 is 0.895 bits per heavy atom. The lowest BCUT2D eigenvalue weighted by molar-refractivity contribution is -0.166. The third-order valence-corrected chi connectivity index (χ3v) is 5.62. The molecule has 0 amide bonds. The molecule has 0 fully saturated rings. The molecule has 2 N–H and O–H groups in total. The molecule has 0 saturated carbocycles. The van der Waals surface area contributed by atoms with Gasteiger partial charge in [-0.15, -0.1) is 0 Å². The number of carbonyl (C=O) groups is 2. The molecule has 38 heavy (non-hydrogen) atoms. The van der Waals surface area contributed by atoms with Crippen molar-refractivity contribution in [1.29, 1.82) is 0 Å². The highest BCUT2D eigenvalue weighted by Crippen LogP contribution is 2.40. The number of halogens is 5. The molecule has 0 aliphatic carbocycles. The maximum absolute atomic E-state index is 14.2. The minimum Gasteiger partial charge on any atom is -0.496 e. The van der Waals surface area contributed by atoms with Gasteiger partial charge in [0.05, 0.1) is 19.1 Å². The van der Waals surface area contributed by atoms with Gasteiger partial charge in [-0.05, 0) is 47.0 Å². The van der Waals surface area contributed by atoms with E-state index in [-0.39, 0.29) is 48.6 Å². The monoisotopic (exact) mass is 537 g/mol. The first-order valence-electron chi connectivity index (χ1n) is 11.3. The standard InChI is InChI=1S/C27H24F5NO5/c1-37-23-10-8-19(26(28,29)25(35)36)14-22(23)21-9-7-20(27(30,31)32)13-18(21)15-33-12-11-24(34)38-16-17-5-3-2-4-6-17/h2-10,13-14,33H,11-12,15-16H2,1H3,(H,35,36). The second-order valence-corrected chi connectivity index (χ2v) is 8.24. The number of carboxylic acid groups (broad SMARTS) is 1. The van der Waals surface area contributed by atoms with Crippen LogP contribution in [0.3, 0.4) is 0 Å². The Labute approximate surface area is 215 Å². The molecule has 0 bridgehead atoms. The number of hydrogen-bond acceptors (Lipinski definition) is 5. The van der Waals surface area contributed by atoms with E-state index in [0.29, 0.717) is 0 Å². The van der Waals surface area contributed by atoms with Crippen molar-refractivity contribution < 1.29 is 46.1 Å². The first-order valence-corrected chi connectivity index (χ1v) is 11.3. The summed E-state index contributed by atoms with van der Waals surface area (Å²) in [7, 11) is 1.25. The van der Waals surface area contributed by atoms with Gasteiger partial charge in [-0.25, -0.2) is 4.79 Å². The van der Waals surface area contributed by atoms with E-state index in [2.05, 4.69) is 5.32 Å². The van der Waals surface area contributed by atoms with Gasteiger partial charge in [0.15, 0.2) is 0 Å². The van der Waals surface area contributed by atoms with Crippen LogP contribution in [0, 0.1) is 0 Å². The lowest BCUT2D eigenvalue weighted by Gasteiger charge is -2.19. The smallest absolute Gasteiger partial charge is 0.416 e. The number of hydrogen-bond donors (Lipinski definition) is 2. The van der Waals surface area contributed by atoms with Gasteiger partial charge >= 0.3 is 24.0 Å². The third kappa shape index (κ3) is 7.06. The van der Waals surface area contributed by atoms with Crippen molar-refractivity contribution >= 4 is 11.9 Å². The SMILES string of the molecule is COc1ccc(C(F)(F)C(=O)O)cc1-c1ccc(C(F)(F)F)cc1CNCCC(=O)OCc1ccccc1. The Hall–Kier alpha value is -3.99. The summed E-state index contributed by atoms with van der Waals surface area (Å²) in [6.07, 6.45) is -4.73. The fraction of sp³-hybridized carbons (Fsp3) is 0.259. The van der Waals surface area contributed by atoms with Crippen LogP contribution >= 0.6 is 0 Å². The van der Waals surface area contributed by atoms with E-state index in [1.54, 1.807) is 24.3 Å². The van der Waals surface area contributed by atoms with Crippen LogP contribution in [-0.2, 0) is 39.6 Å². The molecule has 3 rings (SSSR count). The molecular weight excluding hydrogens is 513 g/mol. The van der Waals surface area contributed by atoms with Gasteiger partial charge in [-0.1, -0.05) is 36.4 Å².